The number of thiophene rings is 4. The van der Waals surface area contributed by atoms with Crippen molar-refractivity contribution in [3.63, 3.8) is 0 Å². The van der Waals surface area contributed by atoms with E-state index in [1.165, 1.54) is 113 Å². The van der Waals surface area contributed by atoms with E-state index in [2.05, 4.69) is 503 Å². The molecule has 21 aromatic carbocycles. The minimum Gasteiger partial charge on any atom is -0.311 e. The zero-order valence-electron chi connectivity index (χ0n) is 74.5. The topological polar surface area (TPSA) is 19.4 Å². The Bertz CT molecular complexity index is 9180. The van der Waals surface area contributed by atoms with Gasteiger partial charge in [0.15, 0.2) is 0 Å². The summed E-state index contributed by atoms with van der Waals surface area (Å²) in [5.41, 5.74) is 35.7. The highest BCUT2D eigenvalue weighted by Crippen LogP contribution is 2.60. The van der Waals surface area contributed by atoms with Gasteiger partial charge in [0.2, 0.25) is 0 Å². The molecule has 0 atom stereocenters. The maximum Gasteiger partial charge on any atom is 0.252 e. The molecule has 25 aromatic rings. The van der Waals surface area contributed by atoms with Gasteiger partial charge in [-0.25, -0.2) is 0 Å². The SMILES string of the molecule is c1ccc(-c2cccc(-c3ccccc3)c2N2c3ccccc3B3c4cc5c(cc4N(c4cccc6sc7ccccc7c46)c4cc(N(c6ccccc6)c6cccc7c6sc6ccccc67)cc2c43)N(c2cccc3sc4ccccc4c23)c2cc(N(c3ccccc3)c3cccc4sc6ccccc6c34)cc3c2B5c2ccccc2N3c2c(-c3ccccc3)cccc2-c2ccccc2)cc1. The molecule has 29 rings (SSSR count). The summed E-state index contributed by atoms with van der Waals surface area (Å²) in [5, 5.41) is 9.75. The van der Waals surface area contributed by atoms with Crippen LogP contribution in [0, 0.1) is 0 Å². The van der Waals surface area contributed by atoms with E-state index in [0.29, 0.717) is 0 Å². The second-order valence-corrected chi connectivity index (χ2v) is 40.6. The summed E-state index contributed by atoms with van der Waals surface area (Å²) in [5.74, 6) is 0. The number of rotatable bonds is 14. The monoisotopic (exact) mass is 1820 g/mol. The van der Waals surface area contributed by atoms with Crippen LogP contribution in [0.2, 0.25) is 0 Å². The highest BCUT2D eigenvalue weighted by molar-refractivity contribution is 7.27. The second kappa shape index (κ2) is 31.5. The molecule has 12 heteroatoms. The lowest BCUT2D eigenvalue weighted by molar-refractivity contribution is 1.22. The normalized spacial score (nSPS) is 12.8. The summed E-state index contributed by atoms with van der Waals surface area (Å²) in [6.45, 7) is -0.743. The summed E-state index contributed by atoms with van der Waals surface area (Å²) in [6.07, 6.45) is 0. The zero-order valence-corrected chi connectivity index (χ0v) is 77.8. The van der Waals surface area contributed by atoms with E-state index in [9.17, 15) is 0 Å². The molecule has 0 saturated heterocycles. The van der Waals surface area contributed by atoms with Crippen molar-refractivity contribution in [1.29, 1.82) is 0 Å². The standard InChI is InChI=1S/C126H78B2N6S4/c1-7-37-79(38-8-1)87-53-31-54-88(80-39-9-2-10-40-80)124(87)133-100-60-25-23-58-96(100)127-98-77-99-107(78-106(98)131(103-63-35-71-117-120(103)94-51-21-29-68-114(94)136-117)108-73-85(75-110(133)122(108)127)129(83-45-15-5-16-46-83)102-62-34-70-116-119(102)93-50-20-28-67-113(93)135-116)132(104-64-36-72-118-121(104)95-52-22-30-69-115(95)137-118)109-74-86(130(84-47-17-6-18-48-84)105-65-33-57-92-91-49-19-27-66-112(91)138-126(92)105)76-111-123(109)128(99)97-59-24-26-61-101(97)134(111)125-89(81-41-11-3-12-42-81)55-32-56-90(125)82-43-13-4-14-44-82/h1-78H. The molecule has 0 amide bonds. The van der Waals surface area contributed by atoms with Crippen LogP contribution in [0.5, 0.6) is 0 Å². The molecule has 8 heterocycles. The van der Waals surface area contributed by atoms with Crippen LogP contribution in [0.4, 0.5) is 102 Å². The van der Waals surface area contributed by atoms with Crippen molar-refractivity contribution < 1.29 is 0 Å². The van der Waals surface area contributed by atoms with Gasteiger partial charge in [-0.3, -0.25) is 0 Å². The molecule has 138 heavy (non-hydrogen) atoms. The van der Waals surface area contributed by atoms with Crippen LogP contribution in [-0.2, 0) is 0 Å². The molecule has 642 valence electrons. The molecule has 0 N–H and O–H groups in total. The van der Waals surface area contributed by atoms with Gasteiger partial charge in [-0.15, -0.1) is 45.3 Å². The van der Waals surface area contributed by atoms with E-state index in [1.807, 2.05) is 45.3 Å². The van der Waals surface area contributed by atoms with Crippen LogP contribution < -0.4 is 62.2 Å². The number of benzene rings is 21. The summed E-state index contributed by atoms with van der Waals surface area (Å²) >= 11 is 7.49. The summed E-state index contributed by atoms with van der Waals surface area (Å²) in [7, 11) is 0. The maximum atomic E-state index is 2.76. The Hall–Kier alpha value is -16.6. The highest BCUT2D eigenvalue weighted by Gasteiger charge is 2.51. The average Bonchev–Trinajstić information content (AvgIpc) is 0.755. The Morgan fingerprint density at radius 3 is 0.920 bits per heavy atom. The average molecular weight is 1830 g/mol. The van der Waals surface area contributed by atoms with Gasteiger partial charge < -0.3 is 29.4 Å². The van der Waals surface area contributed by atoms with Gasteiger partial charge in [-0.05, 0) is 188 Å². The van der Waals surface area contributed by atoms with Crippen LogP contribution >= 0.6 is 45.3 Å². The first-order chi connectivity index (χ1) is 68.5. The molecular formula is C126H78B2N6S4. The van der Waals surface area contributed by atoms with Crippen molar-refractivity contribution in [2.24, 2.45) is 0 Å². The third-order valence-corrected chi connectivity index (χ3v) is 33.5. The van der Waals surface area contributed by atoms with E-state index in [4.69, 9.17) is 0 Å². The summed E-state index contributed by atoms with van der Waals surface area (Å²) < 4.78 is 9.84. The number of hydrogen-bond donors (Lipinski definition) is 0. The molecule has 4 aliphatic rings. The molecular weight excluding hydrogens is 1750 g/mol. The van der Waals surface area contributed by atoms with Gasteiger partial charge in [0, 0.05) is 155 Å². The molecule has 4 aliphatic heterocycles. The lowest BCUT2D eigenvalue weighted by atomic mass is 9.30. The number of fused-ring (bicyclic) bond motifs is 20. The zero-order chi connectivity index (χ0) is 90.3. The fourth-order valence-corrected chi connectivity index (χ4v) is 27.9. The largest absolute Gasteiger partial charge is 0.311 e. The first-order valence-electron chi connectivity index (χ1n) is 47.2. The molecule has 0 unspecified atom stereocenters. The quantitative estimate of drug-likeness (QED) is 0.100. The van der Waals surface area contributed by atoms with Crippen LogP contribution in [0.3, 0.4) is 0 Å². The van der Waals surface area contributed by atoms with Gasteiger partial charge in [0.1, 0.15) is 0 Å². The molecule has 4 aromatic heterocycles. The Kier molecular flexibility index (Phi) is 18.0. The second-order valence-electron chi connectivity index (χ2n) is 36.3. The lowest BCUT2D eigenvalue weighted by Gasteiger charge is -2.48. The number of nitrogens with zero attached hydrogens (tertiary/aromatic N) is 6. The van der Waals surface area contributed by atoms with Crippen molar-refractivity contribution in [2.45, 2.75) is 0 Å². The fourth-order valence-electron chi connectivity index (χ4n) is 23.3. The number of anilines is 18. The Labute approximate surface area is 815 Å². The minimum absolute atomic E-state index is 0.371. The minimum atomic E-state index is -0.372. The van der Waals surface area contributed by atoms with Gasteiger partial charge in [-0.2, -0.15) is 0 Å². The fraction of sp³-hybridized carbons (Fsp3) is 0. The van der Waals surface area contributed by atoms with Crippen LogP contribution in [0.25, 0.3) is 125 Å². The van der Waals surface area contributed by atoms with Crippen LogP contribution in [0.15, 0.2) is 473 Å². The third-order valence-electron chi connectivity index (χ3n) is 28.9. The Balaban J connectivity index is 0.794. The van der Waals surface area contributed by atoms with E-state index in [-0.39, 0.29) is 13.4 Å². The summed E-state index contributed by atoms with van der Waals surface area (Å²) in [4.78, 5) is 16.1. The van der Waals surface area contributed by atoms with Crippen LogP contribution in [-0.4, -0.2) is 13.4 Å². The van der Waals surface area contributed by atoms with Gasteiger partial charge in [0.25, 0.3) is 13.4 Å². The molecule has 0 bridgehead atoms. The predicted octanol–water partition coefficient (Wildman–Crippen LogP) is 32.9. The van der Waals surface area contributed by atoms with Crippen molar-refractivity contribution in [3.8, 4) is 44.5 Å². The van der Waals surface area contributed by atoms with Crippen molar-refractivity contribution in [3.05, 3.63) is 473 Å². The Morgan fingerprint density at radius 2 is 0.486 bits per heavy atom. The Morgan fingerprint density at radius 1 is 0.181 bits per heavy atom. The van der Waals surface area contributed by atoms with Crippen molar-refractivity contribution >= 4 is 275 Å². The highest BCUT2D eigenvalue weighted by atomic mass is 32.1. The van der Waals surface area contributed by atoms with Crippen LogP contribution in [0.1, 0.15) is 0 Å². The molecule has 6 nitrogen and oxygen atoms in total. The van der Waals surface area contributed by atoms with E-state index < -0.39 is 0 Å². The van der Waals surface area contributed by atoms with Gasteiger partial charge in [0.05, 0.1) is 50.2 Å². The lowest BCUT2D eigenvalue weighted by Crippen LogP contribution is -2.65. The van der Waals surface area contributed by atoms with E-state index >= 15 is 0 Å². The van der Waals surface area contributed by atoms with E-state index in [0.717, 1.165) is 147 Å². The first-order valence-corrected chi connectivity index (χ1v) is 50.5. The van der Waals surface area contributed by atoms with E-state index in [1.54, 1.807) is 0 Å². The molecule has 0 spiro atoms. The molecule has 0 saturated carbocycles. The van der Waals surface area contributed by atoms with Gasteiger partial charge >= 0.3 is 0 Å². The predicted molar refractivity (Wildman–Crippen MR) is 597 cm³/mol. The molecule has 0 radical (unpaired) electrons. The molecule has 0 aliphatic carbocycles. The maximum absolute atomic E-state index is 2.76. The first kappa shape index (κ1) is 78.9. The van der Waals surface area contributed by atoms with Gasteiger partial charge in [-0.1, -0.05) is 340 Å². The number of para-hydroxylation sites is 6. The summed E-state index contributed by atoms with van der Waals surface area (Å²) in [6, 6.07) is 180. The number of hydrogen-bond acceptors (Lipinski definition) is 10. The smallest absolute Gasteiger partial charge is 0.252 e. The van der Waals surface area contributed by atoms with Crippen molar-refractivity contribution in [2.75, 3.05) is 29.4 Å². The van der Waals surface area contributed by atoms with Crippen molar-refractivity contribution in [1.82, 2.24) is 0 Å². The molecule has 0 fully saturated rings. The third kappa shape index (κ3) is 12.0.